The van der Waals surface area contributed by atoms with Gasteiger partial charge in [0.2, 0.25) is 0 Å². The highest BCUT2D eigenvalue weighted by atomic mass is 16.5. The topological polar surface area (TPSA) is 74.7 Å². The zero-order valence-corrected chi connectivity index (χ0v) is 10.1. The monoisotopic (exact) mass is 251 g/mol. The predicted octanol–water partition coefficient (Wildman–Crippen LogP) is -0.151. The van der Waals surface area contributed by atoms with Gasteiger partial charge in [-0.25, -0.2) is 4.98 Å². The molecule has 1 saturated heterocycles. The SMILES string of the molecule is O=C(NCCN1CCOCC1)c1ncccc1O. The molecule has 0 radical (unpaired) electrons. The molecule has 0 spiro atoms. The maximum Gasteiger partial charge on any atom is 0.273 e. The lowest BCUT2D eigenvalue weighted by atomic mass is 10.3. The van der Waals surface area contributed by atoms with Crippen LogP contribution < -0.4 is 5.32 Å². The maximum atomic E-state index is 11.7. The van der Waals surface area contributed by atoms with E-state index in [0.717, 1.165) is 32.8 Å². The van der Waals surface area contributed by atoms with E-state index in [-0.39, 0.29) is 17.4 Å². The summed E-state index contributed by atoms with van der Waals surface area (Å²) in [4.78, 5) is 17.8. The van der Waals surface area contributed by atoms with Crippen LogP contribution in [0, 0.1) is 0 Å². The Morgan fingerprint density at radius 3 is 3.00 bits per heavy atom. The minimum absolute atomic E-state index is 0.0690. The second kappa shape index (κ2) is 6.32. The smallest absolute Gasteiger partial charge is 0.273 e. The normalized spacial score (nSPS) is 16.4. The number of carbonyl (C=O) groups excluding carboxylic acids is 1. The lowest BCUT2D eigenvalue weighted by Crippen LogP contribution is -2.41. The van der Waals surface area contributed by atoms with Crippen LogP contribution in [0.25, 0.3) is 0 Å². The number of nitrogens with one attached hydrogen (secondary N) is 1. The molecule has 0 aromatic carbocycles. The fourth-order valence-corrected chi connectivity index (χ4v) is 1.81. The number of rotatable bonds is 4. The van der Waals surface area contributed by atoms with E-state index in [4.69, 9.17) is 4.74 Å². The molecular weight excluding hydrogens is 234 g/mol. The van der Waals surface area contributed by atoms with Crippen LogP contribution in [0.1, 0.15) is 10.5 Å². The molecule has 1 aromatic rings. The van der Waals surface area contributed by atoms with Gasteiger partial charge in [0.15, 0.2) is 5.69 Å². The van der Waals surface area contributed by atoms with Gasteiger partial charge >= 0.3 is 0 Å². The molecular formula is C12H17N3O3. The summed E-state index contributed by atoms with van der Waals surface area (Å²) < 4.78 is 5.24. The number of amides is 1. The molecule has 98 valence electrons. The minimum Gasteiger partial charge on any atom is -0.505 e. The lowest BCUT2D eigenvalue weighted by molar-refractivity contribution is 0.0383. The van der Waals surface area contributed by atoms with Crippen LogP contribution in [0.15, 0.2) is 18.3 Å². The highest BCUT2D eigenvalue weighted by molar-refractivity contribution is 5.94. The number of ether oxygens (including phenoxy) is 1. The van der Waals surface area contributed by atoms with E-state index in [1.54, 1.807) is 6.07 Å². The number of aromatic nitrogens is 1. The molecule has 1 aliphatic rings. The zero-order chi connectivity index (χ0) is 12.8. The average molecular weight is 251 g/mol. The van der Waals surface area contributed by atoms with Crippen molar-refractivity contribution in [3.63, 3.8) is 0 Å². The van der Waals surface area contributed by atoms with E-state index in [9.17, 15) is 9.90 Å². The Hall–Kier alpha value is -1.66. The molecule has 1 fully saturated rings. The Morgan fingerprint density at radius 1 is 1.50 bits per heavy atom. The van der Waals surface area contributed by atoms with Gasteiger partial charge in [0, 0.05) is 32.4 Å². The van der Waals surface area contributed by atoms with Crippen molar-refractivity contribution in [2.75, 3.05) is 39.4 Å². The quantitative estimate of drug-likeness (QED) is 0.778. The molecule has 0 bridgehead atoms. The summed E-state index contributed by atoms with van der Waals surface area (Å²) in [5.41, 5.74) is 0.0690. The molecule has 2 heterocycles. The summed E-state index contributed by atoms with van der Waals surface area (Å²) in [7, 11) is 0. The van der Waals surface area contributed by atoms with Gasteiger partial charge in [0.25, 0.3) is 5.91 Å². The third kappa shape index (κ3) is 3.41. The Labute approximate surface area is 106 Å². The van der Waals surface area contributed by atoms with Gasteiger partial charge in [0.05, 0.1) is 13.2 Å². The minimum atomic E-state index is -0.346. The van der Waals surface area contributed by atoms with E-state index < -0.39 is 0 Å². The van der Waals surface area contributed by atoms with Gasteiger partial charge in [-0.05, 0) is 12.1 Å². The molecule has 2 N–H and O–H groups in total. The molecule has 6 nitrogen and oxygen atoms in total. The number of aromatic hydroxyl groups is 1. The molecule has 0 aliphatic carbocycles. The molecule has 1 amide bonds. The first-order valence-corrected chi connectivity index (χ1v) is 5.99. The van der Waals surface area contributed by atoms with E-state index in [2.05, 4.69) is 15.2 Å². The second-order valence-electron chi connectivity index (χ2n) is 4.08. The van der Waals surface area contributed by atoms with Crippen LogP contribution in [-0.2, 0) is 4.74 Å². The van der Waals surface area contributed by atoms with Crippen LogP contribution in [-0.4, -0.2) is 60.3 Å². The average Bonchev–Trinajstić information content (AvgIpc) is 2.40. The standard InChI is InChI=1S/C12H17N3O3/c16-10-2-1-3-13-11(10)12(17)14-4-5-15-6-8-18-9-7-15/h1-3,16H,4-9H2,(H,14,17). The highest BCUT2D eigenvalue weighted by Crippen LogP contribution is 2.11. The Kier molecular flexibility index (Phi) is 4.49. The van der Waals surface area contributed by atoms with Gasteiger partial charge < -0.3 is 15.2 Å². The van der Waals surface area contributed by atoms with Gasteiger partial charge in [-0.3, -0.25) is 9.69 Å². The number of morpholine rings is 1. The largest absolute Gasteiger partial charge is 0.505 e. The second-order valence-corrected chi connectivity index (χ2v) is 4.08. The van der Waals surface area contributed by atoms with Crippen molar-refractivity contribution in [1.29, 1.82) is 0 Å². The van der Waals surface area contributed by atoms with Crippen LogP contribution in [0.5, 0.6) is 5.75 Å². The van der Waals surface area contributed by atoms with Gasteiger partial charge in [-0.2, -0.15) is 0 Å². The first-order valence-electron chi connectivity index (χ1n) is 5.99. The molecule has 18 heavy (non-hydrogen) atoms. The lowest BCUT2D eigenvalue weighted by Gasteiger charge is -2.26. The van der Waals surface area contributed by atoms with Crippen molar-refractivity contribution < 1.29 is 14.6 Å². The van der Waals surface area contributed by atoms with Crippen molar-refractivity contribution in [2.45, 2.75) is 0 Å². The molecule has 0 atom stereocenters. The summed E-state index contributed by atoms with van der Waals surface area (Å²) >= 11 is 0. The predicted molar refractivity (Wildman–Crippen MR) is 65.5 cm³/mol. The van der Waals surface area contributed by atoms with Crippen molar-refractivity contribution in [3.05, 3.63) is 24.0 Å². The van der Waals surface area contributed by atoms with Crippen LogP contribution in [0.4, 0.5) is 0 Å². The molecule has 0 saturated carbocycles. The number of hydrogen-bond donors (Lipinski definition) is 2. The first-order chi connectivity index (χ1) is 8.77. The summed E-state index contributed by atoms with van der Waals surface area (Å²) in [6.45, 7) is 4.59. The molecule has 1 aromatic heterocycles. The number of nitrogens with zero attached hydrogens (tertiary/aromatic N) is 2. The number of pyridine rings is 1. The Bertz CT molecular complexity index is 405. The van der Waals surface area contributed by atoms with Crippen LogP contribution in [0.2, 0.25) is 0 Å². The summed E-state index contributed by atoms with van der Waals surface area (Å²) in [6.07, 6.45) is 1.48. The maximum absolute atomic E-state index is 11.7. The fraction of sp³-hybridized carbons (Fsp3) is 0.500. The first kappa shape index (κ1) is 12.8. The van der Waals surface area contributed by atoms with E-state index in [1.807, 2.05) is 0 Å². The third-order valence-corrected chi connectivity index (χ3v) is 2.82. The summed E-state index contributed by atoms with van der Waals surface area (Å²) in [6, 6.07) is 3.03. The van der Waals surface area contributed by atoms with Gasteiger partial charge in [0.1, 0.15) is 5.75 Å². The van der Waals surface area contributed by atoms with Gasteiger partial charge in [-0.1, -0.05) is 0 Å². The molecule has 6 heteroatoms. The highest BCUT2D eigenvalue weighted by Gasteiger charge is 2.13. The molecule has 2 rings (SSSR count). The third-order valence-electron chi connectivity index (χ3n) is 2.82. The van der Waals surface area contributed by atoms with Crippen molar-refractivity contribution in [3.8, 4) is 5.75 Å². The Morgan fingerprint density at radius 2 is 2.28 bits per heavy atom. The van der Waals surface area contributed by atoms with Crippen LogP contribution >= 0.6 is 0 Å². The van der Waals surface area contributed by atoms with Crippen molar-refractivity contribution in [1.82, 2.24) is 15.2 Å². The summed E-state index contributed by atoms with van der Waals surface area (Å²) in [5.74, 6) is -0.442. The Balaban J connectivity index is 1.76. The van der Waals surface area contributed by atoms with E-state index in [0.29, 0.717) is 6.54 Å². The zero-order valence-electron chi connectivity index (χ0n) is 10.1. The van der Waals surface area contributed by atoms with E-state index >= 15 is 0 Å². The van der Waals surface area contributed by atoms with Crippen molar-refractivity contribution >= 4 is 5.91 Å². The number of carbonyl (C=O) groups is 1. The molecule has 1 aliphatic heterocycles. The molecule has 0 unspecified atom stereocenters. The van der Waals surface area contributed by atoms with Crippen molar-refractivity contribution in [2.24, 2.45) is 0 Å². The van der Waals surface area contributed by atoms with Crippen LogP contribution in [0.3, 0.4) is 0 Å². The fourth-order valence-electron chi connectivity index (χ4n) is 1.81. The van der Waals surface area contributed by atoms with Gasteiger partial charge in [-0.15, -0.1) is 0 Å². The van der Waals surface area contributed by atoms with E-state index in [1.165, 1.54) is 12.3 Å². The number of hydrogen-bond acceptors (Lipinski definition) is 5. The summed E-state index contributed by atoms with van der Waals surface area (Å²) in [5, 5.41) is 12.2.